The Labute approximate surface area is 82.8 Å². The third kappa shape index (κ3) is 1.02. The average molecular weight is 187 g/mol. The zero-order valence-electron chi connectivity index (χ0n) is 8.20. The van der Waals surface area contributed by atoms with Crippen molar-refractivity contribution in [2.45, 2.75) is 25.9 Å². The Morgan fingerprint density at radius 1 is 1.43 bits per heavy atom. The maximum absolute atomic E-state index is 4.56. The molecule has 72 valence electrons. The topological polar surface area (TPSA) is 29.9 Å². The molecule has 0 bridgehead atoms. The molecule has 0 aliphatic carbocycles. The number of rotatable bonds is 0. The number of aromatic nitrogens is 2. The summed E-state index contributed by atoms with van der Waals surface area (Å²) in [4.78, 5) is 4.56. The summed E-state index contributed by atoms with van der Waals surface area (Å²) >= 11 is 0. The van der Waals surface area contributed by atoms with Gasteiger partial charge in [0.2, 0.25) is 5.95 Å². The minimum atomic E-state index is 0.541. The van der Waals surface area contributed by atoms with Crippen LogP contribution in [0.15, 0.2) is 24.3 Å². The molecule has 2 heterocycles. The normalized spacial score (nSPS) is 20.5. The SMILES string of the molecule is CC1CCn2c(nc3ccccc32)N1. The van der Waals surface area contributed by atoms with Gasteiger partial charge in [0.1, 0.15) is 0 Å². The Kier molecular flexibility index (Phi) is 1.54. The Hall–Kier alpha value is -1.51. The highest BCUT2D eigenvalue weighted by molar-refractivity contribution is 5.78. The summed E-state index contributed by atoms with van der Waals surface area (Å²) in [6.45, 7) is 3.27. The standard InChI is InChI=1S/C11H13N3/c1-8-6-7-14-10-5-3-2-4-9(10)13-11(14)12-8/h2-5,8H,6-7H2,1H3,(H,12,13). The summed E-state index contributed by atoms with van der Waals surface area (Å²) in [5.41, 5.74) is 2.33. The summed E-state index contributed by atoms with van der Waals surface area (Å²) in [5.74, 6) is 1.02. The maximum atomic E-state index is 4.56. The second-order valence-corrected chi connectivity index (χ2v) is 3.91. The van der Waals surface area contributed by atoms with Gasteiger partial charge in [0, 0.05) is 12.6 Å². The van der Waals surface area contributed by atoms with Gasteiger partial charge in [-0.25, -0.2) is 4.98 Å². The van der Waals surface area contributed by atoms with E-state index in [1.165, 1.54) is 11.9 Å². The highest BCUT2D eigenvalue weighted by Gasteiger charge is 2.17. The molecule has 0 saturated heterocycles. The number of fused-ring (bicyclic) bond motifs is 3. The molecule has 1 aliphatic rings. The van der Waals surface area contributed by atoms with Crippen LogP contribution in [0.3, 0.4) is 0 Å². The molecule has 3 heteroatoms. The van der Waals surface area contributed by atoms with Crippen LogP contribution in [0.5, 0.6) is 0 Å². The first kappa shape index (κ1) is 7.85. The first-order valence-corrected chi connectivity index (χ1v) is 5.06. The van der Waals surface area contributed by atoms with Crippen LogP contribution in [-0.4, -0.2) is 15.6 Å². The fourth-order valence-corrected chi connectivity index (χ4v) is 2.03. The van der Waals surface area contributed by atoms with E-state index in [1.54, 1.807) is 0 Å². The van der Waals surface area contributed by atoms with Gasteiger partial charge in [0.05, 0.1) is 11.0 Å². The van der Waals surface area contributed by atoms with Gasteiger partial charge < -0.3 is 9.88 Å². The first-order valence-electron chi connectivity index (χ1n) is 5.06. The third-order valence-electron chi connectivity index (χ3n) is 2.82. The van der Waals surface area contributed by atoms with Gasteiger partial charge in [-0.1, -0.05) is 12.1 Å². The third-order valence-corrected chi connectivity index (χ3v) is 2.82. The molecule has 0 amide bonds. The molecule has 3 nitrogen and oxygen atoms in total. The minimum absolute atomic E-state index is 0.541. The second kappa shape index (κ2) is 2.74. The number of nitrogens with one attached hydrogen (secondary N) is 1. The van der Waals surface area contributed by atoms with Crippen molar-refractivity contribution in [3.63, 3.8) is 0 Å². The number of nitrogens with zero attached hydrogens (tertiary/aromatic N) is 2. The van der Waals surface area contributed by atoms with Crippen molar-refractivity contribution in [2.75, 3.05) is 5.32 Å². The lowest BCUT2D eigenvalue weighted by Crippen LogP contribution is -2.25. The number of anilines is 1. The highest BCUT2D eigenvalue weighted by Crippen LogP contribution is 2.24. The van der Waals surface area contributed by atoms with Gasteiger partial charge in [-0.05, 0) is 25.5 Å². The van der Waals surface area contributed by atoms with Crippen LogP contribution in [-0.2, 0) is 6.54 Å². The summed E-state index contributed by atoms with van der Waals surface area (Å²) in [6.07, 6.45) is 1.17. The van der Waals surface area contributed by atoms with Crippen molar-refractivity contribution in [3.8, 4) is 0 Å². The molecule has 14 heavy (non-hydrogen) atoms. The van der Waals surface area contributed by atoms with E-state index in [-0.39, 0.29) is 0 Å². The van der Waals surface area contributed by atoms with Crippen molar-refractivity contribution < 1.29 is 0 Å². The van der Waals surface area contributed by atoms with Crippen LogP contribution < -0.4 is 5.32 Å². The van der Waals surface area contributed by atoms with Crippen molar-refractivity contribution in [1.82, 2.24) is 9.55 Å². The maximum Gasteiger partial charge on any atom is 0.204 e. The second-order valence-electron chi connectivity index (χ2n) is 3.91. The van der Waals surface area contributed by atoms with Crippen LogP contribution in [0.4, 0.5) is 5.95 Å². The van der Waals surface area contributed by atoms with Gasteiger partial charge in [0.25, 0.3) is 0 Å². The van der Waals surface area contributed by atoms with E-state index in [4.69, 9.17) is 0 Å². The van der Waals surface area contributed by atoms with Crippen LogP contribution in [0.25, 0.3) is 11.0 Å². The molecule has 1 N–H and O–H groups in total. The van der Waals surface area contributed by atoms with Crippen LogP contribution in [0.1, 0.15) is 13.3 Å². The molecule has 1 aromatic carbocycles. The van der Waals surface area contributed by atoms with Crippen molar-refractivity contribution in [2.24, 2.45) is 0 Å². The molecular formula is C11H13N3. The fraction of sp³-hybridized carbons (Fsp3) is 0.364. The first-order chi connectivity index (χ1) is 6.84. The zero-order chi connectivity index (χ0) is 9.54. The van der Waals surface area contributed by atoms with Gasteiger partial charge in [-0.2, -0.15) is 0 Å². The number of hydrogen-bond donors (Lipinski definition) is 1. The lowest BCUT2D eigenvalue weighted by molar-refractivity contribution is 0.562. The van der Waals surface area contributed by atoms with Gasteiger partial charge in [-0.3, -0.25) is 0 Å². The molecule has 0 fully saturated rings. The summed E-state index contributed by atoms with van der Waals surface area (Å²) in [7, 11) is 0. The summed E-state index contributed by atoms with van der Waals surface area (Å²) in [6, 6.07) is 8.83. The molecule has 1 aliphatic heterocycles. The van der Waals surface area contributed by atoms with E-state index in [0.717, 1.165) is 18.0 Å². The van der Waals surface area contributed by atoms with E-state index < -0.39 is 0 Å². The van der Waals surface area contributed by atoms with Gasteiger partial charge in [-0.15, -0.1) is 0 Å². The van der Waals surface area contributed by atoms with Crippen LogP contribution in [0, 0.1) is 0 Å². The van der Waals surface area contributed by atoms with E-state index in [0.29, 0.717) is 6.04 Å². The number of hydrogen-bond acceptors (Lipinski definition) is 2. The van der Waals surface area contributed by atoms with Crippen molar-refractivity contribution in [1.29, 1.82) is 0 Å². The summed E-state index contributed by atoms with van der Waals surface area (Å²) in [5, 5.41) is 3.40. The van der Waals surface area contributed by atoms with E-state index >= 15 is 0 Å². The monoisotopic (exact) mass is 187 g/mol. The van der Waals surface area contributed by atoms with Crippen molar-refractivity contribution >= 4 is 17.0 Å². The fourth-order valence-electron chi connectivity index (χ4n) is 2.03. The largest absolute Gasteiger partial charge is 0.353 e. The van der Waals surface area contributed by atoms with Gasteiger partial charge >= 0.3 is 0 Å². The van der Waals surface area contributed by atoms with Crippen LogP contribution >= 0.6 is 0 Å². The van der Waals surface area contributed by atoms with Crippen LogP contribution in [0.2, 0.25) is 0 Å². The molecule has 3 rings (SSSR count). The number of aryl methyl sites for hydroxylation is 1. The lowest BCUT2D eigenvalue weighted by Gasteiger charge is -2.22. The quantitative estimate of drug-likeness (QED) is 0.685. The highest BCUT2D eigenvalue weighted by atomic mass is 15.2. The zero-order valence-corrected chi connectivity index (χ0v) is 8.20. The number of imidazole rings is 1. The van der Waals surface area contributed by atoms with E-state index in [1.807, 2.05) is 6.07 Å². The molecule has 0 saturated carbocycles. The molecule has 2 aromatic rings. The Morgan fingerprint density at radius 3 is 3.21 bits per heavy atom. The number of benzene rings is 1. The van der Waals surface area contributed by atoms with Gasteiger partial charge in [0.15, 0.2) is 0 Å². The lowest BCUT2D eigenvalue weighted by atomic mass is 10.2. The minimum Gasteiger partial charge on any atom is -0.353 e. The number of para-hydroxylation sites is 2. The Bertz CT molecular complexity index is 472. The predicted octanol–water partition coefficient (Wildman–Crippen LogP) is 2.24. The molecular weight excluding hydrogens is 174 g/mol. The Balaban J connectivity index is 2.24. The summed E-state index contributed by atoms with van der Waals surface area (Å²) < 4.78 is 2.26. The molecule has 1 atom stereocenters. The Morgan fingerprint density at radius 2 is 2.29 bits per heavy atom. The predicted molar refractivity (Wildman–Crippen MR) is 57.4 cm³/mol. The molecule has 1 unspecified atom stereocenters. The molecule has 1 aromatic heterocycles. The average Bonchev–Trinajstić information content (AvgIpc) is 2.54. The molecule has 0 spiro atoms. The van der Waals surface area contributed by atoms with E-state index in [2.05, 4.69) is 40.0 Å². The van der Waals surface area contributed by atoms with E-state index in [9.17, 15) is 0 Å². The molecule has 0 radical (unpaired) electrons. The smallest absolute Gasteiger partial charge is 0.204 e. The van der Waals surface area contributed by atoms with Crippen molar-refractivity contribution in [3.05, 3.63) is 24.3 Å².